The van der Waals surface area contributed by atoms with Crippen molar-refractivity contribution in [1.29, 1.82) is 0 Å². The molecule has 0 amide bonds. The van der Waals surface area contributed by atoms with E-state index < -0.39 is 16.5 Å². The average molecular weight is 380 g/mol. The first-order chi connectivity index (χ1) is 3.46. The van der Waals surface area contributed by atoms with Crippen LogP contribution >= 0.6 is 16.5 Å². The van der Waals surface area contributed by atoms with E-state index in [1.807, 2.05) is 0 Å². The van der Waals surface area contributed by atoms with Crippen LogP contribution in [0.3, 0.4) is 0 Å². The van der Waals surface area contributed by atoms with Crippen LogP contribution in [0.2, 0.25) is 0 Å². The van der Waals surface area contributed by atoms with Crippen molar-refractivity contribution in [2.45, 2.75) is 0 Å². The van der Waals surface area contributed by atoms with Crippen LogP contribution in [0.4, 0.5) is 0 Å². The first-order valence-electron chi connectivity index (χ1n) is 1.30. The Morgan fingerprint density at radius 2 is 0.800 bits per heavy atom. The summed E-state index contributed by atoms with van der Waals surface area (Å²) in [7, 11) is -6.26. The van der Waals surface area contributed by atoms with E-state index in [0.717, 1.165) is 0 Å². The Balaban J connectivity index is -0.0000000300. The fourth-order valence-electron chi connectivity index (χ4n) is 0. The molecule has 0 aromatic rings. The second-order valence-electron chi connectivity index (χ2n) is 0.565. The molecule has 0 aromatic carbocycles. The maximum absolute atomic E-state index is 8.74. The molecule has 10 heavy (non-hydrogen) atoms. The largest absolute Gasteiger partial charge is 0.326 e. The van der Waals surface area contributed by atoms with Crippen LogP contribution in [-0.4, -0.2) is 19.6 Å². The van der Waals surface area contributed by atoms with E-state index >= 15 is 0 Å². The van der Waals surface area contributed by atoms with E-state index in [4.69, 9.17) is 28.7 Å². The van der Waals surface area contributed by atoms with Crippen LogP contribution in [0.5, 0.6) is 0 Å². The molecule has 0 fully saturated rings. The third-order valence-corrected chi connectivity index (χ3v) is 0. The molecule has 4 N–H and O–H groups in total. The maximum Gasteiger partial charge on any atom is 0.314 e. The quantitative estimate of drug-likeness (QED) is 0.308. The number of hydrogen-bond acceptors (Lipinski definition) is 2. The molecular weight excluding hydrogens is 374 g/mol. The molecule has 10 heteroatoms. The minimum absolute atomic E-state index is 0. The summed E-state index contributed by atoms with van der Waals surface area (Å²) >= 11 is 0. The number of rotatable bonds is 0. The Kier molecular flexibility index (Phi) is 39.3. The maximum atomic E-state index is 8.74. The summed E-state index contributed by atoms with van der Waals surface area (Å²) in [4.78, 5) is 28.6. The van der Waals surface area contributed by atoms with Gasteiger partial charge >= 0.3 is 16.5 Å². The molecule has 70 valence electrons. The van der Waals surface area contributed by atoms with E-state index in [0.29, 0.717) is 0 Å². The molecule has 0 saturated heterocycles. The number of hydrogen-bond donors (Lipinski definition) is 4. The molecule has 0 aliphatic heterocycles. The zero-order valence-corrected chi connectivity index (χ0v) is 9.53. The molecule has 0 saturated carbocycles. The van der Waals surface area contributed by atoms with Crippen LogP contribution in [0, 0.1) is 39.9 Å². The fraction of sp³-hybridized carbons (Fsp3) is 0. The van der Waals surface area contributed by atoms with Gasteiger partial charge in [-0.05, 0) is 0 Å². The molecule has 0 aromatic heterocycles. The Morgan fingerprint density at radius 1 is 0.800 bits per heavy atom. The van der Waals surface area contributed by atoms with E-state index in [-0.39, 0.29) is 56.4 Å². The van der Waals surface area contributed by atoms with Crippen molar-refractivity contribution in [1.82, 2.24) is 0 Å². The molecule has 0 aliphatic rings. The first kappa shape index (κ1) is 22.7. The summed E-state index contributed by atoms with van der Waals surface area (Å²) < 4.78 is 17.5. The van der Waals surface area contributed by atoms with Gasteiger partial charge in [0, 0.05) is 56.4 Å². The second-order valence-corrected chi connectivity index (χ2v) is 1.70. The van der Waals surface area contributed by atoms with Gasteiger partial charge in [0.25, 0.3) is 0 Å². The van der Waals surface area contributed by atoms with E-state index in [1.165, 1.54) is 0 Å². The zero-order valence-electron chi connectivity index (χ0n) is 4.28. The van der Waals surface area contributed by atoms with Gasteiger partial charge in [-0.2, -0.15) is 0 Å². The average Bonchev–Trinajstić information content (AvgIpc) is 1.25. The summed E-state index contributed by atoms with van der Waals surface area (Å²) in [6, 6.07) is 0. The zero-order chi connectivity index (χ0) is 7.15. The summed E-state index contributed by atoms with van der Waals surface area (Å²) in [5, 5.41) is 0. The third-order valence-electron chi connectivity index (χ3n) is 0. The Morgan fingerprint density at radius 3 is 0.800 bits per heavy atom. The molecular formula is H6GdNiO6P2. The van der Waals surface area contributed by atoms with Gasteiger partial charge in [-0.1, -0.05) is 0 Å². The Labute approximate surface area is 101 Å². The summed E-state index contributed by atoms with van der Waals surface area (Å²) in [6.07, 6.45) is 0. The van der Waals surface area contributed by atoms with Crippen molar-refractivity contribution in [3.63, 3.8) is 0 Å². The van der Waals surface area contributed by atoms with Gasteiger partial charge < -0.3 is 19.6 Å². The molecule has 0 radical (unpaired) electrons. The minimum atomic E-state index is -3.13. The molecule has 0 spiro atoms. The topological polar surface area (TPSA) is 115 Å². The van der Waals surface area contributed by atoms with Crippen LogP contribution in [-0.2, 0) is 25.6 Å². The smallest absolute Gasteiger partial charge is 0.314 e. The van der Waals surface area contributed by atoms with Crippen LogP contribution in [0.15, 0.2) is 0 Å². The SMILES string of the molecule is O=[PH](O)O.O=[PH](O)O.[Gd].[Ni]. The normalized spacial score (nSPS) is 7.00. The van der Waals surface area contributed by atoms with Crippen molar-refractivity contribution in [2.75, 3.05) is 0 Å². The summed E-state index contributed by atoms with van der Waals surface area (Å²) in [6.45, 7) is 0. The van der Waals surface area contributed by atoms with Crippen molar-refractivity contribution in [2.24, 2.45) is 0 Å². The molecule has 0 unspecified atom stereocenters. The van der Waals surface area contributed by atoms with Crippen molar-refractivity contribution >= 4 is 16.5 Å². The van der Waals surface area contributed by atoms with Gasteiger partial charge in [0.2, 0.25) is 0 Å². The summed E-state index contributed by atoms with van der Waals surface area (Å²) in [5.74, 6) is 0. The van der Waals surface area contributed by atoms with Crippen LogP contribution in [0.1, 0.15) is 0 Å². The van der Waals surface area contributed by atoms with Crippen LogP contribution in [0.25, 0.3) is 0 Å². The predicted molar refractivity (Wildman–Crippen MR) is 26.9 cm³/mol. The molecule has 0 rings (SSSR count). The second kappa shape index (κ2) is 17.3. The molecule has 0 heterocycles. The van der Waals surface area contributed by atoms with Crippen molar-refractivity contribution in [3.05, 3.63) is 0 Å². The Hall–Kier alpha value is 2.12. The van der Waals surface area contributed by atoms with Gasteiger partial charge in [-0.3, -0.25) is 9.13 Å². The standard InChI is InChI=1S/Gd.Ni.2H3O3P/c;;2*1-4(2)3/h;;2*4H,(H2,1,2,3). The molecule has 0 bridgehead atoms. The molecule has 6 nitrogen and oxygen atoms in total. The predicted octanol–water partition coefficient (Wildman–Crippen LogP) is -1.28. The van der Waals surface area contributed by atoms with Crippen LogP contribution < -0.4 is 0 Å². The molecule has 0 atom stereocenters. The third kappa shape index (κ3) is 187. The van der Waals surface area contributed by atoms with Gasteiger partial charge in [0.05, 0.1) is 0 Å². The van der Waals surface area contributed by atoms with E-state index in [2.05, 4.69) is 0 Å². The van der Waals surface area contributed by atoms with Gasteiger partial charge in [-0.15, -0.1) is 0 Å². The van der Waals surface area contributed by atoms with Gasteiger partial charge in [0.15, 0.2) is 0 Å². The van der Waals surface area contributed by atoms with E-state index in [9.17, 15) is 0 Å². The summed E-state index contributed by atoms with van der Waals surface area (Å²) in [5.41, 5.74) is 0. The minimum Gasteiger partial charge on any atom is -0.326 e. The van der Waals surface area contributed by atoms with Crippen molar-refractivity contribution in [3.8, 4) is 0 Å². The Bertz CT molecular complexity index is 73.7. The fourth-order valence-corrected chi connectivity index (χ4v) is 0. The monoisotopic (exact) mass is 380 g/mol. The van der Waals surface area contributed by atoms with Crippen molar-refractivity contribution < 1.29 is 85.1 Å². The van der Waals surface area contributed by atoms with E-state index in [1.54, 1.807) is 0 Å². The van der Waals surface area contributed by atoms with Gasteiger partial charge in [-0.25, -0.2) is 0 Å². The first-order valence-corrected chi connectivity index (χ1v) is 3.91. The molecule has 0 aliphatic carbocycles. The van der Waals surface area contributed by atoms with Gasteiger partial charge in [0.1, 0.15) is 0 Å².